The van der Waals surface area contributed by atoms with Crippen molar-refractivity contribution in [2.75, 3.05) is 42.5 Å². The lowest BCUT2D eigenvalue weighted by molar-refractivity contribution is -0.131. The van der Waals surface area contributed by atoms with Crippen LogP contribution in [0.4, 0.5) is 11.8 Å². The Hall–Kier alpha value is -2.15. The van der Waals surface area contributed by atoms with Crippen LogP contribution in [0.3, 0.4) is 0 Å². The van der Waals surface area contributed by atoms with Gasteiger partial charge in [-0.2, -0.15) is 4.98 Å². The van der Waals surface area contributed by atoms with Gasteiger partial charge in [0.15, 0.2) is 0 Å². The van der Waals surface area contributed by atoms with Gasteiger partial charge in [-0.05, 0) is 49.5 Å². The maximum atomic E-state index is 13.0. The number of aromatic nitrogens is 2. The summed E-state index contributed by atoms with van der Waals surface area (Å²) in [4.78, 5) is 31.1. The molecule has 2 saturated heterocycles. The highest BCUT2D eigenvalue weighted by atomic mass is 32.1. The zero-order valence-corrected chi connectivity index (χ0v) is 19.4. The van der Waals surface area contributed by atoms with Crippen molar-refractivity contribution in [3.8, 4) is 0 Å². The average molecular weight is 440 g/mol. The fraction of sp³-hybridized carbons (Fsp3) is 0.625. The highest BCUT2D eigenvalue weighted by Gasteiger charge is 2.30. The summed E-state index contributed by atoms with van der Waals surface area (Å²) < 4.78 is 0. The molecule has 1 amide bonds. The smallest absolute Gasteiger partial charge is 0.228 e. The number of carbonyl (C=O) groups excluding carboxylic acids is 1. The van der Waals surface area contributed by atoms with Crippen LogP contribution in [0.2, 0.25) is 0 Å². The number of nitrogens with zero attached hydrogens (tertiary/aromatic N) is 5. The molecule has 0 radical (unpaired) electrons. The predicted octanol–water partition coefficient (Wildman–Crippen LogP) is 3.89. The zero-order chi connectivity index (χ0) is 21.2. The Morgan fingerprint density at radius 2 is 1.87 bits per heavy atom. The van der Waals surface area contributed by atoms with Crippen LogP contribution in [0.1, 0.15) is 55.2 Å². The van der Waals surface area contributed by atoms with E-state index >= 15 is 0 Å². The van der Waals surface area contributed by atoms with E-state index in [1.165, 1.54) is 37.7 Å². The quantitative estimate of drug-likeness (QED) is 0.723. The lowest BCUT2D eigenvalue weighted by atomic mass is 9.98. The van der Waals surface area contributed by atoms with Gasteiger partial charge in [0.1, 0.15) is 5.82 Å². The highest BCUT2D eigenvalue weighted by Crippen LogP contribution is 2.32. The van der Waals surface area contributed by atoms with E-state index < -0.39 is 0 Å². The molecule has 166 valence electrons. The average Bonchev–Trinajstić information content (AvgIpc) is 3.32. The molecule has 0 bridgehead atoms. The Kier molecular flexibility index (Phi) is 6.12. The summed E-state index contributed by atoms with van der Waals surface area (Å²) in [5, 5.41) is 2.04. The number of hydrogen-bond acceptors (Lipinski definition) is 6. The second kappa shape index (κ2) is 9.15. The maximum Gasteiger partial charge on any atom is 0.228 e. The minimum atomic E-state index is 0.214. The number of thiophene rings is 1. The summed E-state index contributed by atoms with van der Waals surface area (Å²) >= 11 is 1.66. The molecule has 3 aliphatic heterocycles. The third-order valence-corrected chi connectivity index (χ3v) is 7.88. The molecule has 0 aliphatic carbocycles. The first-order chi connectivity index (χ1) is 15.2. The monoisotopic (exact) mass is 439 g/mol. The topological polar surface area (TPSA) is 52.6 Å². The first-order valence-corrected chi connectivity index (χ1v) is 12.7. The first kappa shape index (κ1) is 20.7. The van der Waals surface area contributed by atoms with Gasteiger partial charge in [0.25, 0.3) is 0 Å². The molecular formula is C24H33N5OS. The molecule has 0 aromatic carbocycles. The first-order valence-electron chi connectivity index (χ1n) is 11.9. The minimum Gasteiger partial charge on any atom is -0.356 e. The molecule has 5 rings (SSSR count). The van der Waals surface area contributed by atoms with Gasteiger partial charge in [-0.1, -0.05) is 13.0 Å². The summed E-state index contributed by atoms with van der Waals surface area (Å²) in [6.45, 7) is 7.95. The van der Waals surface area contributed by atoms with Gasteiger partial charge < -0.3 is 14.7 Å². The third kappa shape index (κ3) is 4.56. The Balaban J connectivity index is 1.42. The van der Waals surface area contributed by atoms with Crippen LogP contribution in [0.15, 0.2) is 17.5 Å². The third-order valence-electron chi connectivity index (χ3n) is 7.01. The molecule has 0 N–H and O–H groups in total. The number of carbonyl (C=O) groups is 1. The molecule has 6 nitrogen and oxygen atoms in total. The summed E-state index contributed by atoms with van der Waals surface area (Å²) in [6.07, 6.45) is 7.49. The van der Waals surface area contributed by atoms with Crippen molar-refractivity contribution in [3.63, 3.8) is 0 Å². The fourth-order valence-corrected chi connectivity index (χ4v) is 5.68. The van der Waals surface area contributed by atoms with Crippen molar-refractivity contribution in [1.29, 1.82) is 0 Å². The highest BCUT2D eigenvalue weighted by molar-refractivity contribution is 7.10. The fourth-order valence-electron chi connectivity index (χ4n) is 4.99. The molecule has 2 fully saturated rings. The van der Waals surface area contributed by atoms with E-state index in [0.29, 0.717) is 13.0 Å². The van der Waals surface area contributed by atoms with E-state index in [1.54, 1.807) is 11.3 Å². The SMILES string of the molecule is CC1CCN(c2nc(N3CCCCC3)nc3c2CN(C(=O)Cc2cccs2)CC3)CC1. The van der Waals surface area contributed by atoms with E-state index in [4.69, 9.17) is 9.97 Å². The van der Waals surface area contributed by atoms with Crippen molar-refractivity contribution in [2.45, 2.75) is 58.4 Å². The number of piperidine rings is 2. The van der Waals surface area contributed by atoms with E-state index in [9.17, 15) is 4.79 Å². The van der Waals surface area contributed by atoms with E-state index in [2.05, 4.69) is 22.8 Å². The molecular weight excluding hydrogens is 406 g/mol. The molecule has 0 saturated carbocycles. The van der Waals surface area contributed by atoms with Crippen LogP contribution in [-0.4, -0.2) is 53.5 Å². The minimum absolute atomic E-state index is 0.214. The molecule has 0 spiro atoms. The molecule has 2 aromatic rings. The molecule has 5 heterocycles. The molecule has 2 aromatic heterocycles. The van der Waals surface area contributed by atoms with E-state index in [1.807, 2.05) is 16.3 Å². The Labute approximate surface area is 189 Å². The van der Waals surface area contributed by atoms with Crippen molar-refractivity contribution in [3.05, 3.63) is 33.6 Å². The van der Waals surface area contributed by atoms with Crippen molar-refractivity contribution < 1.29 is 4.79 Å². The predicted molar refractivity (Wildman–Crippen MR) is 126 cm³/mol. The van der Waals surface area contributed by atoms with E-state index in [-0.39, 0.29) is 5.91 Å². The molecule has 31 heavy (non-hydrogen) atoms. The maximum absolute atomic E-state index is 13.0. The van der Waals surface area contributed by atoms with Gasteiger partial charge in [0.2, 0.25) is 11.9 Å². The summed E-state index contributed by atoms with van der Waals surface area (Å²) in [6, 6.07) is 4.07. The number of fused-ring (bicyclic) bond motifs is 1. The van der Waals surface area contributed by atoms with Gasteiger partial charge >= 0.3 is 0 Å². The number of amides is 1. The van der Waals surface area contributed by atoms with E-state index in [0.717, 1.165) is 67.4 Å². The molecule has 7 heteroatoms. The van der Waals surface area contributed by atoms with Crippen molar-refractivity contribution >= 4 is 29.0 Å². The normalized spacial score (nSPS) is 20.1. The summed E-state index contributed by atoms with van der Waals surface area (Å²) in [5.74, 6) is 2.99. The van der Waals surface area contributed by atoms with Crippen molar-refractivity contribution in [2.24, 2.45) is 5.92 Å². The van der Waals surface area contributed by atoms with Crippen LogP contribution in [0, 0.1) is 5.92 Å². The zero-order valence-electron chi connectivity index (χ0n) is 18.6. The molecule has 0 atom stereocenters. The van der Waals surface area contributed by atoms with Crippen LogP contribution in [0.25, 0.3) is 0 Å². The van der Waals surface area contributed by atoms with Crippen LogP contribution >= 0.6 is 11.3 Å². The van der Waals surface area contributed by atoms with Crippen LogP contribution in [0.5, 0.6) is 0 Å². The van der Waals surface area contributed by atoms with Crippen molar-refractivity contribution in [1.82, 2.24) is 14.9 Å². The number of anilines is 2. The van der Waals surface area contributed by atoms with Crippen LogP contribution < -0.4 is 9.80 Å². The lowest BCUT2D eigenvalue weighted by Gasteiger charge is -2.37. The Morgan fingerprint density at radius 1 is 1.06 bits per heavy atom. The standard InChI is InChI=1S/C24H33N5OS/c1-18-7-12-27(13-8-18)23-20-17-29(22(30)16-19-6-5-15-31-19)14-9-21(20)25-24(26-23)28-10-3-2-4-11-28/h5-6,15,18H,2-4,7-14,16-17H2,1H3. The summed E-state index contributed by atoms with van der Waals surface area (Å²) in [7, 11) is 0. The van der Waals surface area contributed by atoms with Gasteiger partial charge in [0.05, 0.1) is 18.7 Å². The van der Waals surface area contributed by atoms with Gasteiger partial charge in [-0.25, -0.2) is 4.98 Å². The largest absolute Gasteiger partial charge is 0.356 e. The van der Waals surface area contributed by atoms with Crippen LogP contribution in [-0.2, 0) is 24.2 Å². The Bertz CT molecular complexity index is 901. The second-order valence-corrected chi connectivity index (χ2v) is 10.3. The van der Waals surface area contributed by atoms with Gasteiger partial charge in [-0.3, -0.25) is 4.79 Å². The molecule has 3 aliphatic rings. The van der Waals surface area contributed by atoms with Gasteiger partial charge in [0, 0.05) is 49.6 Å². The second-order valence-electron chi connectivity index (χ2n) is 9.31. The van der Waals surface area contributed by atoms with Gasteiger partial charge in [-0.15, -0.1) is 11.3 Å². The Morgan fingerprint density at radius 3 is 2.61 bits per heavy atom. The number of hydrogen-bond donors (Lipinski definition) is 0. The lowest BCUT2D eigenvalue weighted by Crippen LogP contribution is -2.41. The number of rotatable bonds is 4. The summed E-state index contributed by atoms with van der Waals surface area (Å²) in [5.41, 5.74) is 2.34. The molecule has 0 unspecified atom stereocenters.